The van der Waals surface area contributed by atoms with E-state index in [0.29, 0.717) is 12.1 Å². The normalized spacial score (nSPS) is 26.2. The van der Waals surface area contributed by atoms with Crippen molar-refractivity contribution >= 4 is 0 Å². The van der Waals surface area contributed by atoms with Crippen LogP contribution in [0.5, 0.6) is 0 Å². The Labute approximate surface area is 114 Å². The molecule has 1 saturated carbocycles. The van der Waals surface area contributed by atoms with Gasteiger partial charge in [-0.15, -0.1) is 0 Å². The van der Waals surface area contributed by atoms with Crippen LogP contribution in [0.1, 0.15) is 72.1 Å². The summed E-state index contributed by atoms with van der Waals surface area (Å²) in [5.41, 5.74) is 0. The molecule has 0 radical (unpaired) electrons. The minimum absolute atomic E-state index is 0.560. The summed E-state index contributed by atoms with van der Waals surface area (Å²) in [6.45, 7) is 8.98. The molecule has 0 aromatic carbocycles. The van der Waals surface area contributed by atoms with Gasteiger partial charge in [0.2, 0.25) is 0 Å². The average molecular weight is 255 g/mol. The first-order valence-corrected chi connectivity index (χ1v) is 8.11. The summed E-state index contributed by atoms with van der Waals surface area (Å²) < 4.78 is 6.00. The van der Waals surface area contributed by atoms with E-state index in [9.17, 15) is 0 Å². The minimum atomic E-state index is 0.560. The summed E-state index contributed by atoms with van der Waals surface area (Å²) in [7, 11) is 0. The van der Waals surface area contributed by atoms with Crippen molar-refractivity contribution in [3.05, 3.63) is 0 Å². The SMILES string of the molecule is CCCNC(CC)CCCOC1CCC(C)CC1. The zero-order chi connectivity index (χ0) is 13.2. The highest BCUT2D eigenvalue weighted by Crippen LogP contribution is 2.25. The van der Waals surface area contributed by atoms with Crippen LogP contribution in [0.2, 0.25) is 0 Å². The predicted molar refractivity (Wildman–Crippen MR) is 79.0 cm³/mol. The van der Waals surface area contributed by atoms with Gasteiger partial charge in [-0.3, -0.25) is 0 Å². The molecule has 108 valence electrons. The van der Waals surface area contributed by atoms with Crippen LogP contribution < -0.4 is 5.32 Å². The van der Waals surface area contributed by atoms with Crippen molar-refractivity contribution in [1.82, 2.24) is 5.32 Å². The van der Waals surface area contributed by atoms with E-state index >= 15 is 0 Å². The Morgan fingerprint density at radius 2 is 1.89 bits per heavy atom. The van der Waals surface area contributed by atoms with Gasteiger partial charge in [0.15, 0.2) is 0 Å². The summed E-state index contributed by atoms with van der Waals surface area (Å²) in [5, 5.41) is 3.61. The Hall–Kier alpha value is -0.0800. The molecule has 0 saturated heterocycles. The average Bonchev–Trinajstić information content (AvgIpc) is 2.40. The van der Waals surface area contributed by atoms with E-state index in [0.717, 1.165) is 19.1 Å². The van der Waals surface area contributed by atoms with Gasteiger partial charge in [-0.2, -0.15) is 0 Å². The summed E-state index contributed by atoms with van der Waals surface area (Å²) in [6, 6.07) is 0.694. The summed E-state index contributed by atoms with van der Waals surface area (Å²) in [5.74, 6) is 0.924. The van der Waals surface area contributed by atoms with E-state index < -0.39 is 0 Å². The summed E-state index contributed by atoms with van der Waals surface area (Å²) >= 11 is 0. The van der Waals surface area contributed by atoms with Gasteiger partial charge in [-0.05, 0) is 63.8 Å². The van der Waals surface area contributed by atoms with Crippen LogP contribution in [0.3, 0.4) is 0 Å². The van der Waals surface area contributed by atoms with Crippen LogP contribution in [0.25, 0.3) is 0 Å². The maximum Gasteiger partial charge on any atom is 0.0575 e. The molecular formula is C16H33NO. The van der Waals surface area contributed by atoms with E-state index in [-0.39, 0.29) is 0 Å². The third kappa shape index (κ3) is 6.75. The van der Waals surface area contributed by atoms with Crippen molar-refractivity contribution in [2.45, 2.75) is 84.3 Å². The fourth-order valence-electron chi connectivity index (χ4n) is 2.77. The molecule has 0 heterocycles. The Kier molecular flexibility index (Phi) is 8.70. The van der Waals surface area contributed by atoms with Crippen molar-refractivity contribution in [1.29, 1.82) is 0 Å². The lowest BCUT2D eigenvalue weighted by atomic mass is 9.89. The molecule has 1 aliphatic rings. The number of hydrogen-bond acceptors (Lipinski definition) is 2. The fourth-order valence-corrected chi connectivity index (χ4v) is 2.77. The molecular weight excluding hydrogens is 222 g/mol. The molecule has 0 aromatic rings. The van der Waals surface area contributed by atoms with Crippen LogP contribution in [0, 0.1) is 5.92 Å². The summed E-state index contributed by atoms with van der Waals surface area (Å²) in [6.07, 6.45) is 10.8. The minimum Gasteiger partial charge on any atom is -0.378 e. The van der Waals surface area contributed by atoms with E-state index in [1.54, 1.807) is 0 Å². The molecule has 2 heteroatoms. The van der Waals surface area contributed by atoms with Crippen molar-refractivity contribution in [3.8, 4) is 0 Å². The van der Waals surface area contributed by atoms with Gasteiger partial charge in [0.05, 0.1) is 6.10 Å². The molecule has 18 heavy (non-hydrogen) atoms. The van der Waals surface area contributed by atoms with Crippen LogP contribution in [-0.4, -0.2) is 25.3 Å². The van der Waals surface area contributed by atoms with Gasteiger partial charge in [0.25, 0.3) is 0 Å². The Bertz CT molecular complexity index is 181. The molecule has 2 nitrogen and oxygen atoms in total. The highest BCUT2D eigenvalue weighted by molar-refractivity contribution is 4.70. The van der Waals surface area contributed by atoms with Crippen LogP contribution >= 0.6 is 0 Å². The predicted octanol–water partition coefficient (Wildman–Crippen LogP) is 4.14. The molecule has 0 aliphatic heterocycles. The lowest BCUT2D eigenvalue weighted by molar-refractivity contribution is 0.0172. The van der Waals surface area contributed by atoms with Crippen LogP contribution in [0.15, 0.2) is 0 Å². The van der Waals surface area contributed by atoms with Gasteiger partial charge in [0.1, 0.15) is 0 Å². The van der Waals surface area contributed by atoms with Crippen molar-refractivity contribution in [2.24, 2.45) is 5.92 Å². The third-order valence-corrected chi connectivity index (χ3v) is 4.19. The number of nitrogens with one attached hydrogen (secondary N) is 1. The second-order valence-electron chi connectivity index (χ2n) is 5.95. The highest BCUT2D eigenvalue weighted by atomic mass is 16.5. The quantitative estimate of drug-likeness (QED) is 0.625. The maximum atomic E-state index is 6.00. The van der Waals surface area contributed by atoms with Gasteiger partial charge in [-0.1, -0.05) is 20.8 Å². The molecule has 0 aromatic heterocycles. The molecule has 1 N–H and O–H groups in total. The molecule has 1 unspecified atom stereocenters. The van der Waals surface area contributed by atoms with E-state index in [4.69, 9.17) is 4.74 Å². The first-order valence-electron chi connectivity index (χ1n) is 8.11. The molecule has 1 fully saturated rings. The van der Waals surface area contributed by atoms with E-state index in [2.05, 4.69) is 26.1 Å². The number of rotatable bonds is 9. The first kappa shape index (κ1) is 16.0. The van der Waals surface area contributed by atoms with Crippen LogP contribution in [-0.2, 0) is 4.74 Å². The Balaban J connectivity index is 1.99. The molecule has 1 atom stereocenters. The van der Waals surface area contributed by atoms with Crippen molar-refractivity contribution in [3.63, 3.8) is 0 Å². The first-order chi connectivity index (χ1) is 8.76. The van der Waals surface area contributed by atoms with Gasteiger partial charge in [-0.25, -0.2) is 0 Å². The Morgan fingerprint density at radius 3 is 2.50 bits per heavy atom. The number of hydrogen-bond donors (Lipinski definition) is 1. The summed E-state index contributed by atoms with van der Waals surface area (Å²) in [4.78, 5) is 0. The standard InChI is InChI=1S/C16H33NO/c1-4-12-17-15(5-2)7-6-13-18-16-10-8-14(3)9-11-16/h14-17H,4-13H2,1-3H3. The van der Waals surface area contributed by atoms with E-state index in [1.165, 1.54) is 51.4 Å². The monoisotopic (exact) mass is 255 g/mol. The van der Waals surface area contributed by atoms with Gasteiger partial charge in [0, 0.05) is 12.6 Å². The topological polar surface area (TPSA) is 21.3 Å². The second kappa shape index (κ2) is 9.80. The second-order valence-corrected chi connectivity index (χ2v) is 5.95. The largest absolute Gasteiger partial charge is 0.378 e. The van der Waals surface area contributed by atoms with Gasteiger partial charge >= 0.3 is 0 Å². The van der Waals surface area contributed by atoms with Crippen molar-refractivity contribution in [2.75, 3.05) is 13.2 Å². The highest BCUT2D eigenvalue weighted by Gasteiger charge is 2.18. The lowest BCUT2D eigenvalue weighted by Crippen LogP contribution is -2.29. The lowest BCUT2D eigenvalue weighted by Gasteiger charge is -2.26. The van der Waals surface area contributed by atoms with Gasteiger partial charge < -0.3 is 10.1 Å². The molecule has 1 rings (SSSR count). The zero-order valence-electron chi connectivity index (χ0n) is 12.7. The third-order valence-electron chi connectivity index (χ3n) is 4.19. The smallest absolute Gasteiger partial charge is 0.0575 e. The molecule has 0 spiro atoms. The maximum absolute atomic E-state index is 6.00. The molecule has 1 aliphatic carbocycles. The van der Waals surface area contributed by atoms with Crippen LogP contribution in [0.4, 0.5) is 0 Å². The van der Waals surface area contributed by atoms with Crippen molar-refractivity contribution < 1.29 is 4.74 Å². The Morgan fingerprint density at radius 1 is 1.17 bits per heavy atom. The zero-order valence-corrected chi connectivity index (χ0v) is 12.7. The molecule has 0 bridgehead atoms. The fraction of sp³-hybridized carbons (Fsp3) is 1.00. The number of ether oxygens (including phenoxy) is 1. The molecule has 0 amide bonds. The van der Waals surface area contributed by atoms with E-state index in [1.807, 2.05) is 0 Å².